The van der Waals surface area contributed by atoms with E-state index in [1.54, 1.807) is 0 Å². The molecular formula is C54H32N6O. The summed E-state index contributed by atoms with van der Waals surface area (Å²) in [5.74, 6) is 2.30. The Kier molecular flexibility index (Phi) is 7.17. The standard InChI is InChI=1S/C54H32N6O/c1-2-16-35(17-3-1)53-55-44-24-13-27-47(50(44)61-53)59-45-25-10-8-21-39(45)41-30-31-42-40-22-9-11-26-46(40)60(49(42)48(41)59)54-57-51(37-29-28-33-14-4-5-18-36(33)32-37)56-52(58-54)43-23-12-19-34-15-6-7-20-38(34)43/h1-32H. The van der Waals surface area contributed by atoms with Gasteiger partial charge in [0.15, 0.2) is 17.2 Å². The topological polar surface area (TPSA) is 74.6 Å². The van der Waals surface area contributed by atoms with Crippen LogP contribution in [-0.2, 0) is 0 Å². The Morgan fingerprint density at radius 3 is 1.80 bits per heavy atom. The van der Waals surface area contributed by atoms with E-state index in [-0.39, 0.29) is 0 Å². The van der Waals surface area contributed by atoms with Crippen LogP contribution in [0.3, 0.4) is 0 Å². The lowest BCUT2D eigenvalue weighted by molar-refractivity contribution is 0.618. The van der Waals surface area contributed by atoms with Crippen molar-refractivity contribution in [1.82, 2.24) is 29.1 Å². The zero-order valence-corrected chi connectivity index (χ0v) is 32.6. The number of aromatic nitrogens is 6. The summed E-state index contributed by atoms with van der Waals surface area (Å²) in [6.07, 6.45) is 0. The number of para-hydroxylation sites is 3. The number of fused-ring (bicyclic) bond motifs is 10. The van der Waals surface area contributed by atoms with E-state index in [0.717, 1.165) is 93.1 Å². The number of hydrogen-bond donors (Lipinski definition) is 0. The average Bonchev–Trinajstić information content (AvgIpc) is 4.02. The largest absolute Gasteiger partial charge is 0.434 e. The van der Waals surface area contributed by atoms with E-state index in [0.29, 0.717) is 29.1 Å². The molecule has 0 aliphatic carbocycles. The van der Waals surface area contributed by atoms with Gasteiger partial charge in [0.1, 0.15) is 5.52 Å². The van der Waals surface area contributed by atoms with E-state index in [1.165, 1.54) is 0 Å². The first-order chi connectivity index (χ1) is 30.2. The van der Waals surface area contributed by atoms with Crippen LogP contribution in [-0.4, -0.2) is 29.1 Å². The van der Waals surface area contributed by atoms with E-state index in [2.05, 4.69) is 167 Å². The minimum Gasteiger partial charge on any atom is -0.434 e. The Balaban J connectivity index is 1.17. The second-order valence-electron chi connectivity index (χ2n) is 15.4. The van der Waals surface area contributed by atoms with E-state index >= 15 is 0 Å². The van der Waals surface area contributed by atoms with E-state index < -0.39 is 0 Å². The Morgan fingerprint density at radius 1 is 0.377 bits per heavy atom. The molecule has 0 atom stereocenters. The number of oxazole rings is 1. The molecule has 0 bridgehead atoms. The van der Waals surface area contributed by atoms with Crippen LogP contribution >= 0.6 is 0 Å². The second-order valence-corrected chi connectivity index (χ2v) is 15.4. The Labute approximate surface area is 348 Å². The number of rotatable bonds is 5. The lowest BCUT2D eigenvalue weighted by Crippen LogP contribution is -2.07. The maximum Gasteiger partial charge on any atom is 0.238 e. The van der Waals surface area contributed by atoms with Crippen LogP contribution in [0.15, 0.2) is 199 Å². The lowest BCUT2D eigenvalue weighted by atomic mass is 10.0. The normalized spacial score (nSPS) is 11.9. The van der Waals surface area contributed by atoms with Gasteiger partial charge in [0.05, 0.1) is 27.8 Å². The molecular weight excluding hydrogens is 749 g/mol. The molecule has 13 aromatic rings. The van der Waals surface area contributed by atoms with Crippen molar-refractivity contribution < 1.29 is 4.42 Å². The van der Waals surface area contributed by atoms with Crippen molar-refractivity contribution in [2.45, 2.75) is 0 Å². The highest BCUT2D eigenvalue weighted by molar-refractivity contribution is 6.24. The highest BCUT2D eigenvalue weighted by Crippen LogP contribution is 2.43. The summed E-state index contributed by atoms with van der Waals surface area (Å²) >= 11 is 0. The van der Waals surface area contributed by atoms with Crippen LogP contribution in [0.5, 0.6) is 0 Å². The van der Waals surface area contributed by atoms with Crippen LogP contribution in [0.2, 0.25) is 0 Å². The monoisotopic (exact) mass is 780 g/mol. The molecule has 0 amide bonds. The molecule has 284 valence electrons. The quantitative estimate of drug-likeness (QED) is 0.174. The molecule has 0 aliphatic rings. The van der Waals surface area contributed by atoms with Gasteiger partial charge in [-0.15, -0.1) is 0 Å². The molecule has 0 spiro atoms. The predicted molar refractivity (Wildman–Crippen MR) is 247 cm³/mol. The first-order valence-corrected chi connectivity index (χ1v) is 20.4. The number of benzene rings is 9. The SMILES string of the molecule is c1ccc(-c2nc3cccc(-n4c5ccccc5c5ccc6c7ccccc7n(-c7nc(-c8ccc9ccccc9c8)nc(-c8cccc9ccccc89)n7)c6c54)c3o2)cc1. The lowest BCUT2D eigenvalue weighted by Gasteiger charge is -2.14. The average molecular weight is 781 g/mol. The summed E-state index contributed by atoms with van der Waals surface area (Å²) in [6, 6.07) is 67.4. The summed E-state index contributed by atoms with van der Waals surface area (Å²) in [4.78, 5) is 21.1. The molecule has 0 saturated carbocycles. The first kappa shape index (κ1) is 33.5. The molecule has 0 unspecified atom stereocenters. The van der Waals surface area contributed by atoms with Gasteiger partial charge in [-0.25, -0.2) is 9.97 Å². The fourth-order valence-corrected chi connectivity index (χ4v) is 9.24. The summed E-state index contributed by atoms with van der Waals surface area (Å²) in [6.45, 7) is 0. The summed E-state index contributed by atoms with van der Waals surface area (Å²) < 4.78 is 11.3. The van der Waals surface area contributed by atoms with Crippen molar-refractivity contribution in [3.05, 3.63) is 194 Å². The van der Waals surface area contributed by atoms with E-state index in [1.807, 2.05) is 36.4 Å². The van der Waals surface area contributed by atoms with Gasteiger partial charge in [-0.1, -0.05) is 152 Å². The smallest absolute Gasteiger partial charge is 0.238 e. The van der Waals surface area contributed by atoms with E-state index in [4.69, 9.17) is 24.4 Å². The summed E-state index contributed by atoms with van der Waals surface area (Å²) in [5.41, 5.74) is 9.20. The van der Waals surface area contributed by atoms with Crippen LogP contribution < -0.4 is 0 Å². The van der Waals surface area contributed by atoms with Gasteiger partial charge in [-0.05, 0) is 64.0 Å². The van der Waals surface area contributed by atoms with Gasteiger partial charge in [0.2, 0.25) is 11.8 Å². The summed E-state index contributed by atoms with van der Waals surface area (Å²) in [5, 5.41) is 8.88. The Bertz CT molecular complexity index is 3890. The van der Waals surface area contributed by atoms with Gasteiger partial charge >= 0.3 is 0 Å². The Morgan fingerprint density at radius 2 is 1.00 bits per heavy atom. The van der Waals surface area contributed by atoms with Gasteiger partial charge in [0, 0.05) is 38.2 Å². The van der Waals surface area contributed by atoms with Crippen molar-refractivity contribution in [3.8, 4) is 45.9 Å². The van der Waals surface area contributed by atoms with Crippen LogP contribution in [0.25, 0.3) is 122 Å². The minimum absolute atomic E-state index is 0.529. The molecule has 4 aromatic heterocycles. The maximum absolute atomic E-state index is 6.72. The number of hydrogen-bond acceptors (Lipinski definition) is 5. The molecule has 13 rings (SSSR count). The molecule has 61 heavy (non-hydrogen) atoms. The highest BCUT2D eigenvalue weighted by Gasteiger charge is 2.25. The third kappa shape index (κ3) is 5.11. The van der Waals surface area contributed by atoms with Crippen LogP contribution in [0.4, 0.5) is 0 Å². The maximum atomic E-state index is 6.72. The molecule has 7 nitrogen and oxygen atoms in total. The molecule has 0 fully saturated rings. The Hall–Kier alpha value is -8.42. The van der Waals surface area contributed by atoms with Crippen molar-refractivity contribution in [2.24, 2.45) is 0 Å². The van der Waals surface area contributed by atoms with Gasteiger partial charge in [-0.3, -0.25) is 4.57 Å². The summed E-state index contributed by atoms with van der Waals surface area (Å²) in [7, 11) is 0. The zero-order valence-electron chi connectivity index (χ0n) is 32.6. The second kappa shape index (κ2) is 13.0. The minimum atomic E-state index is 0.529. The molecule has 0 N–H and O–H groups in total. The van der Waals surface area contributed by atoms with Crippen molar-refractivity contribution in [3.63, 3.8) is 0 Å². The predicted octanol–water partition coefficient (Wildman–Crippen LogP) is 13.5. The fraction of sp³-hybridized carbons (Fsp3) is 0. The molecule has 0 aliphatic heterocycles. The van der Waals surface area contributed by atoms with Gasteiger partial charge < -0.3 is 8.98 Å². The van der Waals surface area contributed by atoms with Crippen molar-refractivity contribution >= 4 is 76.3 Å². The molecule has 7 heteroatoms. The van der Waals surface area contributed by atoms with Gasteiger partial charge in [0.25, 0.3) is 0 Å². The van der Waals surface area contributed by atoms with Crippen LogP contribution in [0, 0.1) is 0 Å². The van der Waals surface area contributed by atoms with Crippen LogP contribution in [0.1, 0.15) is 0 Å². The van der Waals surface area contributed by atoms with Gasteiger partial charge in [-0.2, -0.15) is 9.97 Å². The highest BCUT2D eigenvalue weighted by atomic mass is 16.3. The number of nitrogens with zero attached hydrogens (tertiary/aromatic N) is 6. The molecule has 9 aromatic carbocycles. The van der Waals surface area contributed by atoms with E-state index in [9.17, 15) is 0 Å². The third-order valence-corrected chi connectivity index (χ3v) is 12.0. The molecule has 0 radical (unpaired) electrons. The third-order valence-electron chi connectivity index (χ3n) is 12.0. The molecule has 4 heterocycles. The van der Waals surface area contributed by atoms with Crippen molar-refractivity contribution in [1.29, 1.82) is 0 Å². The van der Waals surface area contributed by atoms with Crippen molar-refractivity contribution in [2.75, 3.05) is 0 Å². The first-order valence-electron chi connectivity index (χ1n) is 20.4. The molecule has 0 saturated heterocycles. The zero-order chi connectivity index (χ0) is 40.0. The fourth-order valence-electron chi connectivity index (χ4n) is 9.24.